The highest BCUT2D eigenvalue weighted by Gasteiger charge is 2.32. The molecule has 2 aromatic rings. The Hall–Kier alpha value is -2.72. The van der Waals surface area contributed by atoms with Crippen molar-refractivity contribution in [3.63, 3.8) is 0 Å². The summed E-state index contributed by atoms with van der Waals surface area (Å²) < 4.78 is 45.8. The quantitative estimate of drug-likeness (QED) is 0.539. The van der Waals surface area contributed by atoms with Crippen molar-refractivity contribution < 1.29 is 27.5 Å². The molecular formula is C22H27F3N4O3. The Morgan fingerprint density at radius 2 is 1.81 bits per heavy atom. The summed E-state index contributed by atoms with van der Waals surface area (Å²) in [6.07, 6.45) is -4.50. The second-order valence-corrected chi connectivity index (χ2v) is 8.43. The zero-order valence-corrected chi connectivity index (χ0v) is 18.5. The maximum absolute atomic E-state index is 13.1. The zero-order chi connectivity index (χ0) is 23.7. The van der Waals surface area contributed by atoms with Gasteiger partial charge in [0.05, 0.1) is 41.4 Å². The van der Waals surface area contributed by atoms with Gasteiger partial charge >= 0.3 is 6.18 Å². The lowest BCUT2D eigenvalue weighted by molar-refractivity contribution is -0.137. The molecule has 32 heavy (non-hydrogen) atoms. The molecule has 1 aliphatic heterocycles. The molecular weight excluding hydrogens is 425 g/mol. The van der Waals surface area contributed by atoms with Gasteiger partial charge in [-0.05, 0) is 45.9 Å². The molecule has 1 amide bonds. The van der Waals surface area contributed by atoms with Crippen molar-refractivity contribution in [2.24, 2.45) is 0 Å². The fraction of sp³-hybridized carbons (Fsp3) is 0.500. The van der Waals surface area contributed by atoms with Crippen LogP contribution in [0.15, 0.2) is 24.3 Å². The number of amides is 1. The minimum atomic E-state index is -4.50. The van der Waals surface area contributed by atoms with Gasteiger partial charge in [0, 0.05) is 25.2 Å². The van der Waals surface area contributed by atoms with Crippen LogP contribution in [0.3, 0.4) is 0 Å². The van der Waals surface area contributed by atoms with Crippen molar-refractivity contribution in [3.05, 3.63) is 46.8 Å². The maximum atomic E-state index is 13.1. The Morgan fingerprint density at radius 1 is 1.16 bits per heavy atom. The molecule has 1 aromatic heterocycles. The molecule has 1 aliphatic rings. The molecule has 2 heterocycles. The molecule has 0 aliphatic carbocycles. The summed E-state index contributed by atoms with van der Waals surface area (Å²) in [4.78, 5) is 27.7. The van der Waals surface area contributed by atoms with E-state index in [4.69, 9.17) is 4.74 Å². The lowest BCUT2D eigenvalue weighted by Gasteiger charge is -2.40. The molecule has 1 N–H and O–H groups in total. The predicted octanol–water partition coefficient (Wildman–Crippen LogP) is 2.92. The molecule has 0 unspecified atom stereocenters. The molecule has 7 nitrogen and oxygen atoms in total. The first-order chi connectivity index (χ1) is 14.9. The first-order valence-corrected chi connectivity index (χ1v) is 10.3. The highest BCUT2D eigenvalue weighted by Crippen LogP contribution is 2.31. The van der Waals surface area contributed by atoms with Crippen LogP contribution in [0.2, 0.25) is 0 Å². The number of Topliss-reactive ketones (excluding diaryl/α,β-unsaturated/α-hetero) is 1. The van der Waals surface area contributed by atoms with Crippen molar-refractivity contribution >= 4 is 11.7 Å². The number of aromatic nitrogens is 2. The summed E-state index contributed by atoms with van der Waals surface area (Å²) in [6, 6.07) is 4.66. The SMILES string of the molecule is Cc1nn(-c2cccc(C(F)(F)F)c2)c(C)c1C(=O)C(=O)NCC(C)(C)N1CCOCC1. The van der Waals surface area contributed by atoms with Crippen LogP contribution >= 0.6 is 0 Å². The average molecular weight is 452 g/mol. The van der Waals surface area contributed by atoms with Crippen LogP contribution in [-0.4, -0.2) is 64.8 Å². The highest BCUT2D eigenvalue weighted by molar-refractivity contribution is 6.43. The average Bonchev–Trinajstić information content (AvgIpc) is 3.05. The number of hydrogen-bond donors (Lipinski definition) is 1. The van der Waals surface area contributed by atoms with Crippen LogP contribution in [0, 0.1) is 13.8 Å². The van der Waals surface area contributed by atoms with E-state index < -0.39 is 23.4 Å². The van der Waals surface area contributed by atoms with Gasteiger partial charge in [-0.1, -0.05) is 6.07 Å². The molecule has 3 rings (SSSR count). The van der Waals surface area contributed by atoms with Gasteiger partial charge < -0.3 is 10.1 Å². The number of rotatable bonds is 6. The fourth-order valence-corrected chi connectivity index (χ4v) is 3.81. The number of ketones is 1. The second-order valence-electron chi connectivity index (χ2n) is 8.43. The van der Waals surface area contributed by atoms with Gasteiger partial charge in [-0.25, -0.2) is 4.68 Å². The van der Waals surface area contributed by atoms with E-state index in [1.54, 1.807) is 13.8 Å². The van der Waals surface area contributed by atoms with Crippen LogP contribution in [0.4, 0.5) is 13.2 Å². The lowest BCUT2D eigenvalue weighted by atomic mass is 10.0. The fourth-order valence-electron chi connectivity index (χ4n) is 3.81. The van der Waals surface area contributed by atoms with Gasteiger partial charge in [0.25, 0.3) is 11.7 Å². The number of aryl methyl sites for hydroxylation is 1. The Bertz CT molecular complexity index is 1010. The smallest absolute Gasteiger partial charge is 0.379 e. The van der Waals surface area contributed by atoms with E-state index >= 15 is 0 Å². The maximum Gasteiger partial charge on any atom is 0.416 e. The summed E-state index contributed by atoms with van der Waals surface area (Å²) in [6.45, 7) is 10.0. The topological polar surface area (TPSA) is 76.5 Å². The highest BCUT2D eigenvalue weighted by atomic mass is 19.4. The number of carbonyl (C=O) groups excluding carboxylic acids is 2. The summed E-state index contributed by atoms with van der Waals surface area (Å²) in [5.74, 6) is -1.54. The normalized spacial score (nSPS) is 15.6. The van der Waals surface area contributed by atoms with Crippen LogP contribution in [0.1, 0.15) is 41.2 Å². The van der Waals surface area contributed by atoms with Crippen molar-refractivity contribution in [3.8, 4) is 5.69 Å². The van der Waals surface area contributed by atoms with Gasteiger partial charge in [-0.15, -0.1) is 0 Å². The minimum Gasteiger partial charge on any atom is -0.379 e. The van der Waals surface area contributed by atoms with E-state index in [0.717, 1.165) is 25.2 Å². The first kappa shape index (κ1) is 23.9. The van der Waals surface area contributed by atoms with Crippen LogP contribution in [-0.2, 0) is 15.7 Å². The molecule has 0 spiro atoms. The van der Waals surface area contributed by atoms with Crippen molar-refractivity contribution in [2.75, 3.05) is 32.8 Å². The Labute approximate surface area is 184 Å². The summed E-state index contributed by atoms with van der Waals surface area (Å²) in [5.41, 5.74) is -0.371. The number of halogens is 3. The van der Waals surface area contributed by atoms with Gasteiger partial charge in [0.2, 0.25) is 0 Å². The first-order valence-electron chi connectivity index (χ1n) is 10.3. The largest absolute Gasteiger partial charge is 0.416 e. The van der Waals surface area contributed by atoms with Gasteiger partial charge in [0.1, 0.15) is 0 Å². The van der Waals surface area contributed by atoms with E-state index in [9.17, 15) is 22.8 Å². The second kappa shape index (κ2) is 9.03. The molecule has 174 valence electrons. The standard InChI is InChI=1S/C22H27F3N4O3/c1-14-18(15(2)29(27-14)17-7-5-6-16(12-17)22(23,24)25)19(30)20(31)26-13-21(3,4)28-8-10-32-11-9-28/h5-7,12H,8-11,13H2,1-4H3,(H,26,31). The number of benzene rings is 1. The molecule has 0 radical (unpaired) electrons. The number of alkyl halides is 3. The lowest BCUT2D eigenvalue weighted by Crippen LogP contribution is -2.55. The number of hydrogen-bond acceptors (Lipinski definition) is 5. The number of ether oxygens (including phenoxy) is 1. The van der Waals surface area contributed by atoms with Gasteiger partial charge in [-0.2, -0.15) is 18.3 Å². The Morgan fingerprint density at radius 3 is 2.44 bits per heavy atom. The van der Waals surface area contributed by atoms with Crippen molar-refractivity contribution in [2.45, 2.75) is 39.4 Å². The van der Waals surface area contributed by atoms with E-state index in [2.05, 4.69) is 15.3 Å². The molecule has 10 heteroatoms. The van der Waals surface area contributed by atoms with E-state index in [1.807, 2.05) is 13.8 Å². The summed E-state index contributed by atoms with van der Waals surface area (Å²) in [7, 11) is 0. The third kappa shape index (κ3) is 5.02. The predicted molar refractivity (Wildman–Crippen MR) is 112 cm³/mol. The molecule has 1 saturated heterocycles. The monoisotopic (exact) mass is 452 g/mol. The number of nitrogens with zero attached hydrogens (tertiary/aromatic N) is 3. The number of nitrogens with one attached hydrogen (secondary N) is 1. The third-order valence-corrected chi connectivity index (χ3v) is 5.69. The van der Waals surface area contributed by atoms with Crippen LogP contribution in [0.25, 0.3) is 5.69 Å². The van der Waals surface area contributed by atoms with E-state index in [-0.39, 0.29) is 29.0 Å². The van der Waals surface area contributed by atoms with E-state index in [0.29, 0.717) is 18.9 Å². The molecule has 0 atom stereocenters. The Kier molecular flexibility index (Phi) is 6.75. The summed E-state index contributed by atoms with van der Waals surface area (Å²) in [5, 5.41) is 6.91. The summed E-state index contributed by atoms with van der Waals surface area (Å²) >= 11 is 0. The number of morpholine rings is 1. The number of carbonyl (C=O) groups is 2. The zero-order valence-electron chi connectivity index (χ0n) is 18.5. The Balaban J connectivity index is 1.78. The van der Waals surface area contributed by atoms with Crippen molar-refractivity contribution in [1.82, 2.24) is 20.0 Å². The van der Waals surface area contributed by atoms with Crippen LogP contribution in [0.5, 0.6) is 0 Å². The van der Waals surface area contributed by atoms with Crippen molar-refractivity contribution in [1.29, 1.82) is 0 Å². The molecule has 1 fully saturated rings. The molecule has 1 aromatic carbocycles. The van der Waals surface area contributed by atoms with Gasteiger partial charge in [0.15, 0.2) is 0 Å². The molecule has 0 bridgehead atoms. The third-order valence-electron chi connectivity index (χ3n) is 5.69. The van der Waals surface area contributed by atoms with Crippen LogP contribution < -0.4 is 5.32 Å². The molecule has 0 saturated carbocycles. The van der Waals surface area contributed by atoms with E-state index in [1.165, 1.54) is 16.8 Å². The minimum absolute atomic E-state index is 0.0871. The van der Waals surface area contributed by atoms with Gasteiger partial charge in [-0.3, -0.25) is 14.5 Å².